The largest absolute Gasteiger partial charge is 0.388 e. The monoisotopic (exact) mass is 414 g/mol. The van der Waals surface area contributed by atoms with Gasteiger partial charge in [-0.3, -0.25) is 0 Å². The Morgan fingerprint density at radius 2 is 2.07 bits per heavy atom. The zero-order chi connectivity index (χ0) is 20.6. The molecule has 0 bridgehead atoms. The van der Waals surface area contributed by atoms with Crippen LogP contribution in [0.4, 0.5) is 5.95 Å². The van der Waals surface area contributed by atoms with E-state index >= 15 is 0 Å². The Hall–Kier alpha value is -2.22. The number of hydrogen-bond donors (Lipinski definition) is 3. The van der Waals surface area contributed by atoms with E-state index in [9.17, 15) is 5.11 Å². The van der Waals surface area contributed by atoms with Crippen LogP contribution in [-0.4, -0.2) is 48.9 Å². The van der Waals surface area contributed by atoms with Gasteiger partial charge in [0.05, 0.1) is 24.2 Å². The molecule has 154 valence electrons. The van der Waals surface area contributed by atoms with E-state index in [1.54, 1.807) is 6.33 Å². The highest BCUT2D eigenvalue weighted by molar-refractivity contribution is 6.31. The van der Waals surface area contributed by atoms with Gasteiger partial charge in [0.2, 0.25) is 5.95 Å². The second-order valence-electron chi connectivity index (χ2n) is 8.83. The molecule has 3 aromatic rings. The quantitative estimate of drug-likeness (QED) is 0.594. The molecule has 2 aromatic heterocycles. The number of aromatic nitrogens is 4. The smallest absolute Gasteiger partial charge is 0.225 e. The summed E-state index contributed by atoms with van der Waals surface area (Å²) in [4.78, 5) is 14.1. The lowest BCUT2D eigenvalue weighted by Crippen LogP contribution is -2.34. The molecule has 3 N–H and O–H groups in total. The highest BCUT2D eigenvalue weighted by Crippen LogP contribution is 2.26. The van der Waals surface area contributed by atoms with Crippen molar-refractivity contribution < 1.29 is 5.11 Å². The highest BCUT2D eigenvalue weighted by Gasteiger charge is 2.33. The Morgan fingerprint density at radius 3 is 2.76 bits per heavy atom. The second kappa shape index (κ2) is 7.55. The minimum atomic E-state index is -0.813. The highest BCUT2D eigenvalue weighted by atomic mass is 35.5. The first-order chi connectivity index (χ1) is 13.7. The summed E-state index contributed by atoms with van der Waals surface area (Å²) in [5, 5.41) is 18.2. The number of benzene rings is 1. The molecule has 4 rings (SSSR count). The van der Waals surface area contributed by atoms with E-state index in [1.807, 2.05) is 28.8 Å². The second-order valence-corrected chi connectivity index (χ2v) is 9.24. The van der Waals surface area contributed by atoms with Crippen molar-refractivity contribution in [2.24, 2.45) is 0 Å². The van der Waals surface area contributed by atoms with Crippen LogP contribution in [0, 0.1) is 0 Å². The van der Waals surface area contributed by atoms with E-state index in [0.717, 1.165) is 29.0 Å². The number of nitrogens with zero attached hydrogens (tertiary/aromatic N) is 4. The van der Waals surface area contributed by atoms with Crippen molar-refractivity contribution in [2.45, 2.75) is 51.3 Å². The number of rotatable bonds is 5. The molecule has 3 heterocycles. The molecule has 0 spiro atoms. The summed E-state index contributed by atoms with van der Waals surface area (Å²) in [6, 6.07) is 7.76. The molecule has 1 aromatic carbocycles. The van der Waals surface area contributed by atoms with Gasteiger partial charge in [-0.25, -0.2) is 9.97 Å². The van der Waals surface area contributed by atoms with Crippen molar-refractivity contribution in [3.63, 3.8) is 0 Å². The van der Waals surface area contributed by atoms with E-state index in [-0.39, 0.29) is 5.54 Å². The first kappa shape index (κ1) is 20.1. The SMILES string of the molecule is CC(C)(C)Nc1nc(CC2(O)CCNC2)c2ncn(Cc3ccccc3Cl)c2n1. The van der Waals surface area contributed by atoms with Crippen LogP contribution >= 0.6 is 11.6 Å². The van der Waals surface area contributed by atoms with Gasteiger partial charge in [0.25, 0.3) is 0 Å². The summed E-state index contributed by atoms with van der Waals surface area (Å²) in [6.45, 7) is 8.12. The van der Waals surface area contributed by atoms with E-state index in [4.69, 9.17) is 21.6 Å². The Morgan fingerprint density at radius 1 is 1.28 bits per heavy atom. The maximum Gasteiger partial charge on any atom is 0.225 e. The molecule has 1 fully saturated rings. The van der Waals surface area contributed by atoms with Crippen LogP contribution in [0.5, 0.6) is 0 Å². The van der Waals surface area contributed by atoms with Gasteiger partial charge in [-0.05, 0) is 45.4 Å². The first-order valence-corrected chi connectivity index (χ1v) is 10.3. The van der Waals surface area contributed by atoms with Gasteiger partial charge in [-0.2, -0.15) is 4.98 Å². The van der Waals surface area contributed by atoms with Gasteiger partial charge < -0.3 is 20.3 Å². The van der Waals surface area contributed by atoms with Gasteiger partial charge in [0, 0.05) is 23.5 Å². The van der Waals surface area contributed by atoms with Gasteiger partial charge in [0.1, 0.15) is 5.52 Å². The Bertz CT molecular complexity index is 1020. The molecule has 1 atom stereocenters. The minimum absolute atomic E-state index is 0.190. The molecule has 1 saturated heterocycles. The van der Waals surface area contributed by atoms with Crippen LogP contribution in [0.2, 0.25) is 5.02 Å². The van der Waals surface area contributed by atoms with E-state index < -0.39 is 5.60 Å². The number of anilines is 1. The summed E-state index contributed by atoms with van der Waals surface area (Å²) < 4.78 is 1.98. The molecular formula is C21H27ClN6O. The van der Waals surface area contributed by atoms with Crippen molar-refractivity contribution >= 4 is 28.7 Å². The van der Waals surface area contributed by atoms with E-state index in [2.05, 4.69) is 36.4 Å². The predicted molar refractivity (Wildman–Crippen MR) is 115 cm³/mol. The molecule has 0 saturated carbocycles. The Kier molecular flexibility index (Phi) is 5.23. The summed E-state index contributed by atoms with van der Waals surface area (Å²) in [6.07, 6.45) is 2.89. The molecule has 0 amide bonds. The van der Waals surface area contributed by atoms with Crippen LogP contribution in [0.3, 0.4) is 0 Å². The number of imidazole rings is 1. The van der Waals surface area contributed by atoms with Gasteiger partial charge in [-0.1, -0.05) is 29.8 Å². The normalized spacial score (nSPS) is 19.8. The third-order valence-electron chi connectivity index (χ3n) is 5.04. The van der Waals surface area contributed by atoms with Crippen LogP contribution in [0.25, 0.3) is 11.2 Å². The van der Waals surface area contributed by atoms with Crippen LogP contribution in [-0.2, 0) is 13.0 Å². The van der Waals surface area contributed by atoms with Gasteiger partial charge in [-0.15, -0.1) is 0 Å². The van der Waals surface area contributed by atoms with Gasteiger partial charge >= 0.3 is 0 Å². The number of hydrogen-bond acceptors (Lipinski definition) is 6. The van der Waals surface area contributed by atoms with Crippen molar-refractivity contribution in [1.82, 2.24) is 24.8 Å². The van der Waals surface area contributed by atoms with Crippen LogP contribution in [0.1, 0.15) is 38.4 Å². The molecule has 1 aliphatic heterocycles. The fourth-order valence-corrected chi connectivity index (χ4v) is 3.83. The summed E-state index contributed by atoms with van der Waals surface area (Å²) in [5.74, 6) is 0.537. The lowest BCUT2D eigenvalue weighted by atomic mass is 9.96. The number of nitrogens with one attached hydrogen (secondary N) is 2. The summed E-state index contributed by atoms with van der Waals surface area (Å²) in [5.41, 5.74) is 2.20. The summed E-state index contributed by atoms with van der Waals surface area (Å²) in [7, 11) is 0. The average molecular weight is 415 g/mol. The standard InChI is InChI=1S/C21H27ClN6O/c1-20(2,3)27-19-25-16(10-21(29)8-9-23-12-21)17-18(26-19)28(13-24-17)11-14-6-4-5-7-15(14)22/h4-7,13,23,29H,8-12H2,1-3H3,(H,25,26,27). The third-order valence-corrected chi connectivity index (χ3v) is 5.41. The molecule has 29 heavy (non-hydrogen) atoms. The fourth-order valence-electron chi connectivity index (χ4n) is 3.64. The van der Waals surface area contributed by atoms with Crippen molar-refractivity contribution in [1.29, 1.82) is 0 Å². The van der Waals surface area contributed by atoms with Crippen molar-refractivity contribution in [3.8, 4) is 0 Å². The Labute approximate surface area is 175 Å². The third kappa shape index (κ3) is 4.52. The molecule has 1 aliphatic rings. The number of aliphatic hydroxyl groups is 1. The van der Waals surface area contributed by atoms with Crippen molar-refractivity contribution in [2.75, 3.05) is 18.4 Å². The van der Waals surface area contributed by atoms with E-state index in [0.29, 0.717) is 36.9 Å². The average Bonchev–Trinajstić information content (AvgIpc) is 3.22. The number of β-amino-alcohol motifs (C(OH)–C–C–N with tert-alkyl or cyclic N) is 1. The number of fused-ring (bicyclic) bond motifs is 1. The lowest BCUT2D eigenvalue weighted by molar-refractivity contribution is 0.0612. The molecule has 0 aliphatic carbocycles. The van der Waals surface area contributed by atoms with Crippen LogP contribution in [0.15, 0.2) is 30.6 Å². The van der Waals surface area contributed by atoms with Crippen LogP contribution < -0.4 is 10.6 Å². The maximum atomic E-state index is 10.9. The minimum Gasteiger partial charge on any atom is -0.388 e. The predicted octanol–water partition coefficient (Wildman–Crippen LogP) is 3.01. The topological polar surface area (TPSA) is 87.9 Å². The summed E-state index contributed by atoms with van der Waals surface area (Å²) >= 11 is 6.35. The van der Waals surface area contributed by atoms with Crippen molar-refractivity contribution in [3.05, 3.63) is 46.9 Å². The Balaban J connectivity index is 1.77. The van der Waals surface area contributed by atoms with E-state index in [1.165, 1.54) is 0 Å². The molecule has 8 heteroatoms. The molecule has 1 unspecified atom stereocenters. The molecular weight excluding hydrogens is 388 g/mol. The molecule has 0 radical (unpaired) electrons. The zero-order valence-corrected chi connectivity index (χ0v) is 17.8. The van der Waals surface area contributed by atoms with Gasteiger partial charge in [0.15, 0.2) is 5.65 Å². The molecule has 7 nitrogen and oxygen atoms in total. The zero-order valence-electron chi connectivity index (χ0n) is 17.0. The fraction of sp³-hybridized carbons (Fsp3) is 0.476. The maximum absolute atomic E-state index is 10.9. The number of halogens is 1. The first-order valence-electron chi connectivity index (χ1n) is 9.89. The lowest BCUT2D eigenvalue weighted by Gasteiger charge is -2.23.